The van der Waals surface area contributed by atoms with Crippen LogP contribution in [0.4, 0.5) is 4.39 Å². The van der Waals surface area contributed by atoms with Crippen molar-refractivity contribution in [2.45, 2.75) is 38.1 Å². The first-order valence-electron chi connectivity index (χ1n) is 8.90. The van der Waals surface area contributed by atoms with Gasteiger partial charge < -0.3 is 9.64 Å². The van der Waals surface area contributed by atoms with Gasteiger partial charge in [-0.15, -0.1) is 0 Å². The summed E-state index contributed by atoms with van der Waals surface area (Å²) in [5.41, 5.74) is 8.71. The van der Waals surface area contributed by atoms with Gasteiger partial charge in [0.15, 0.2) is 0 Å². The summed E-state index contributed by atoms with van der Waals surface area (Å²) >= 11 is 6.07. The number of ether oxygens (including phenoxy) is 1. The van der Waals surface area contributed by atoms with E-state index in [1.54, 1.807) is 37.2 Å². The Labute approximate surface area is 165 Å². The molecule has 2 aromatic rings. The molecule has 0 bridgehead atoms. The minimum absolute atomic E-state index is 0.148. The molecule has 0 radical (unpaired) electrons. The fraction of sp³-hybridized carbons (Fsp3) is 0.500. The minimum Gasteiger partial charge on any atom is -0.470 e. The number of fused-ring (bicyclic) bond motifs is 1. The third-order valence-electron chi connectivity index (χ3n) is 5.12. The molecule has 1 saturated heterocycles. The fourth-order valence-corrected chi connectivity index (χ4v) is 3.49. The maximum absolute atomic E-state index is 13.1. The lowest BCUT2D eigenvalue weighted by Gasteiger charge is -2.39. The number of rotatable bonds is 5. The van der Waals surface area contributed by atoms with Gasteiger partial charge in [0.1, 0.15) is 17.4 Å². The summed E-state index contributed by atoms with van der Waals surface area (Å²) in [6.07, 6.45) is 2.27. The number of azide groups is 1. The summed E-state index contributed by atoms with van der Waals surface area (Å²) in [5, 5.41) is 5.51. The van der Waals surface area contributed by atoms with Gasteiger partial charge in [-0.3, -0.25) is 4.79 Å². The van der Waals surface area contributed by atoms with E-state index < -0.39 is 17.6 Å². The molecule has 0 unspecified atom stereocenters. The van der Waals surface area contributed by atoms with E-state index in [2.05, 4.69) is 20.0 Å². The number of pyridine rings is 2. The van der Waals surface area contributed by atoms with E-state index in [9.17, 15) is 9.18 Å². The summed E-state index contributed by atoms with van der Waals surface area (Å²) in [6, 6.07) is 1.68. The number of hydrogen-bond donors (Lipinski definition) is 0. The van der Waals surface area contributed by atoms with Crippen LogP contribution in [0.3, 0.4) is 0 Å². The van der Waals surface area contributed by atoms with Crippen LogP contribution in [0.25, 0.3) is 21.2 Å². The summed E-state index contributed by atoms with van der Waals surface area (Å²) in [6.45, 7) is 4.36. The summed E-state index contributed by atoms with van der Waals surface area (Å²) in [4.78, 5) is 25.0. The highest BCUT2D eigenvalue weighted by Crippen LogP contribution is 2.38. The third kappa shape index (κ3) is 3.31. The smallest absolute Gasteiger partial charge is 0.228 e. The number of amides is 1. The van der Waals surface area contributed by atoms with Crippen molar-refractivity contribution in [1.29, 1.82) is 0 Å². The van der Waals surface area contributed by atoms with Crippen molar-refractivity contribution in [3.05, 3.63) is 39.6 Å². The second kappa shape index (κ2) is 6.76. The van der Waals surface area contributed by atoms with Crippen LogP contribution in [0.2, 0.25) is 5.15 Å². The van der Waals surface area contributed by atoms with E-state index in [0.717, 1.165) is 5.39 Å². The van der Waals surface area contributed by atoms with Gasteiger partial charge in [-0.2, -0.15) is 0 Å². The summed E-state index contributed by atoms with van der Waals surface area (Å²) in [5.74, 6) is -0.259. The number of nitrogens with zero attached hydrogens (tertiary/aromatic N) is 6. The van der Waals surface area contributed by atoms with Gasteiger partial charge >= 0.3 is 0 Å². The Kier molecular flexibility index (Phi) is 4.51. The third-order valence-corrected chi connectivity index (χ3v) is 5.33. The lowest BCUT2D eigenvalue weighted by Crippen LogP contribution is -2.56. The number of carbonyl (C=O) groups is 1. The Morgan fingerprint density at radius 2 is 2.11 bits per heavy atom. The van der Waals surface area contributed by atoms with Crippen molar-refractivity contribution in [3.8, 4) is 5.88 Å². The highest BCUT2D eigenvalue weighted by atomic mass is 35.5. The Morgan fingerprint density at radius 1 is 1.39 bits per heavy atom. The first-order valence-corrected chi connectivity index (χ1v) is 9.28. The lowest BCUT2D eigenvalue weighted by atomic mass is 9.93. The Bertz CT molecular complexity index is 1000. The average molecular weight is 405 g/mol. The zero-order valence-corrected chi connectivity index (χ0v) is 16.1. The zero-order chi connectivity index (χ0) is 20.1. The van der Waals surface area contributed by atoms with Crippen LogP contribution in [0.5, 0.6) is 5.88 Å². The summed E-state index contributed by atoms with van der Waals surface area (Å²) < 4.78 is 19.0. The minimum atomic E-state index is -0.999. The molecule has 1 saturated carbocycles. The van der Waals surface area contributed by atoms with Crippen LogP contribution in [-0.4, -0.2) is 46.1 Å². The number of aromatic nitrogens is 2. The fourth-order valence-electron chi connectivity index (χ4n) is 3.34. The topological polar surface area (TPSA) is 104 Å². The molecule has 10 heteroatoms. The van der Waals surface area contributed by atoms with Crippen LogP contribution < -0.4 is 4.74 Å². The van der Waals surface area contributed by atoms with Crippen molar-refractivity contribution < 1.29 is 13.9 Å². The predicted molar refractivity (Wildman–Crippen MR) is 101 cm³/mol. The molecule has 4 rings (SSSR count). The predicted octanol–water partition coefficient (Wildman–Crippen LogP) is 3.78. The van der Waals surface area contributed by atoms with E-state index in [4.69, 9.17) is 21.9 Å². The Hall–Kier alpha value is -2.64. The summed E-state index contributed by atoms with van der Waals surface area (Å²) in [7, 11) is 0. The van der Waals surface area contributed by atoms with Crippen molar-refractivity contribution in [2.75, 3.05) is 13.1 Å². The van der Waals surface area contributed by atoms with Gasteiger partial charge in [-0.05, 0) is 29.0 Å². The number of hydrogen-bond acceptors (Lipinski definition) is 5. The van der Waals surface area contributed by atoms with Crippen molar-refractivity contribution in [1.82, 2.24) is 14.9 Å². The molecular weight excluding hydrogens is 387 g/mol. The molecule has 2 fully saturated rings. The highest BCUT2D eigenvalue weighted by Gasteiger charge is 2.48. The molecule has 146 valence electrons. The molecule has 28 heavy (non-hydrogen) atoms. The molecular formula is C18H18ClFN6O2. The van der Waals surface area contributed by atoms with Crippen LogP contribution in [-0.2, 0) is 10.3 Å². The van der Waals surface area contributed by atoms with E-state index in [0.29, 0.717) is 41.5 Å². The monoisotopic (exact) mass is 404 g/mol. The van der Waals surface area contributed by atoms with Gasteiger partial charge in [-0.1, -0.05) is 30.6 Å². The lowest BCUT2D eigenvalue weighted by molar-refractivity contribution is -0.141. The quantitative estimate of drug-likeness (QED) is 0.327. The molecule has 0 N–H and O–H groups in total. The molecule has 0 spiro atoms. The van der Waals surface area contributed by atoms with E-state index in [-0.39, 0.29) is 12.0 Å². The molecule has 1 amide bonds. The highest BCUT2D eigenvalue weighted by molar-refractivity contribution is 6.30. The van der Waals surface area contributed by atoms with Gasteiger partial charge in [0.05, 0.1) is 29.9 Å². The molecule has 1 aliphatic carbocycles. The van der Waals surface area contributed by atoms with Gasteiger partial charge in [0.25, 0.3) is 0 Å². The maximum Gasteiger partial charge on any atom is 0.228 e. The standard InChI is InChI=1S/C18H18ClFN6O2/c1-18(2,24-25-21)13-6-23-16(12-5-22-15(19)4-10(12)13)28-9-7-26(8-9)17(27)11-3-14(11)20/h4-6,9,11,14H,3,7-8H2,1-2H3/t11-,14+/m1/s1. The van der Waals surface area contributed by atoms with Crippen LogP contribution in [0.15, 0.2) is 23.6 Å². The van der Waals surface area contributed by atoms with Crippen molar-refractivity contribution in [3.63, 3.8) is 0 Å². The first kappa shape index (κ1) is 18.7. The normalized spacial score (nSPS) is 21.8. The molecule has 2 atom stereocenters. The second-order valence-corrected chi connectivity index (χ2v) is 8.01. The Balaban J connectivity index is 1.57. The van der Waals surface area contributed by atoms with E-state index in [1.165, 1.54) is 0 Å². The van der Waals surface area contributed by atoms with Crippen LogP contribution in [0, 0.1) is 5.92 Å². The molecule has 8 nitrogen and oxygen atoms in total. The number of alkyl halides is 1. The first-order chi connectivity index (χ1) is 13.3. The number of carbonyl (C=O) groups excluding carboxylic acids is 1. The van der Waals surface area contributed by atoms with Crippen LogP contribution in [0.1, 0.15) is 25.8 Å². The van der Waals surface area contributed by atoms with Crippen molar-refractivity contribution >= 4 is 28.3 Å². The molecule has 2 aliphatic rings. The zero-order valence-electron chi connectivity index (χ0n) is 15.3. The Morgan fingerprint density at radius 3 is 2.75 bits per heavy atom. The number of likely N-dealkylation sites (tertiary alicyclic amines) is 1. The second-order valence-electron chi connectivity index (χ2n) is 7.62. The number of halogens is 2. The average Bonchev–Trinajstić information content (AvgIpc) is 3.33. The molecule has 3 heterocycles. The van der Waals surface area contributed by atoms with Gasteiger partial charge in [0, 0.05) is 17.3 Å². The SMILES string of the molecule is CC(C)(N=[N+]=[N-])c1cnc(OC2CN(C(=O)[C@@H]3C[C@@H]3F)C2)c2cnc(Cl)cc12. The van der Waals surface area contributed by atoms with Crippen LogP contribution >= 0.6 is 11.6 Å². The molecule has 0 aromatic carbocycles. The van der Waals surface area contributed by atoms with Gasteiger partial charge in [-0.25, -0.2) is 14.4 Å². The van der Waals surface area contributed by atoms with Gasteiger partial charge in [0.2, 0.25) is 11.8 Å². The van der Waals surface area contributed by atoms with E-state index in [1.807, 2.05) is 0 Å². The van der Waals surface area contributed by atoms with E-state index >= 15 is 0 Å². The maximum atomic E-state index is 13.1. The largest absolute Gasteiger partial charge is 0.470 e. The molecule has 2 aromatic heterocycles. The van der Waals surface area contributed by atoms with Crippen molar-refractivity contribution in [2.24, 2.45) is 11.0 Å². The molecule has 1 aliphatic heterocycles.